The first-order valence-corrected chi connectivity index (χ1v) is 15.9. The summed E-state index contributed by atoms with van der Waals surface area (Å²) in [7, 11) is 0. The zero-order valence-corrected chi connectivity index (χ0v) is 25.7. The van der Waals surface area contributed by atoms with Crippen LogP contribution in [0.3, 0.4) is 0 Å². The average molecular weight is 599 g/mol. The molecule has 0 spiro atoms. The number of hydrogen-bond acceptors (Lipinski definition) is 7. The van der Waals surface area contributed by atoms with E-state index in [1.165, 1.54) is 0 Å². The van der Waals surface area contributed by atoms with E-state index in [0.717, 1.165) is 46.2 Å². The molecule has 3 N–H and O–H groups in total. The maximum absolute atomic E-state index is 13.8. The Kier molecular flexibility index (Phi) is 7.14. The fourth-order valence-electron chi connectivity index (χ4n) is 9.97. The molecule has 7 heteroatoms. The molecule has 2 aromatic rings. The third-order valence-corrected chi connectivity index (χ3v) is 12.0. The Balaban J connectivity index is 1.19. The normalized spacial score (nSPS) is 38.9. The molecule has 0 aromatic heterocycles. The van der Waals surface area contributed by atoms with Gasteiger partial charge in [-0.15, -0.1) is 0 Å². The number of aliphatic hydroxyl groups is 3. The minimum Gasteiger partial charge on any atom is -0.393 e. The van der Waals surface area contributed by atoms with Gasteiger partial charge in [-0.05, 0) is 85.3 Å². The molecule has 7 nitrogen and oxygen atoms in total. The molecule has 3 saturated carbocycles. The number of fused-ring (bicyclic) bond motifs is 7. The third kappa shape index (κ3) is 4.20. The second-order valence-corrected chi connectivity index (χ2v) is 14.2. The molecule has 0 amide bonds. The fourth-order valence-corrected chi connectivity index (χ4v) is 9.97. The van der Waals surface area contributed by atoms with Crippen molar-refractivity contribution in [3.63, 3.8) is 0 Å². The van der Waals surface area contributed by atoms with E-state index in [4.69, 9.17) is 9.47 Å². The summed E-state index contributed by atoms with van der Waals surface area (Å²) in [5.41, 5.74) is 3.55. The predicted molar refractivity (Wildman–Crippen MR) is 163 cm³/mol. The summed E-state index contributed by atoms with van der Waals surface area (Å²) in [6.07, 6.45) is 6.59. The van der Waals surface area contributed by atoms with Gasteiger partial charge in [0.1, 0.15) is 6.61 Å². The Labute approximate surface area is 258 Å². The molecule has 1 heterocycles. The molecule has 9 atom stereocenters. The van der Waals surface area contributed by atoms with Gasteiger partial charge in [-0.25, -0.2) is 0 Å². The molecule has 4 fully saturated rings. The number of ether oxygens (including phenoxy) is 2. The quantitative estimate of drug-likeness (QED) is 0.443. The number of aryl methyl sites for hydroxylation is 1. The van der Waals surface area contributed by atoms with Crippen molar-refractivity contribution in [3.8, 4) is 0 Å². The van der Waals surface area contributed by atoms with E-state index >= 15 is 0 Å². The number of benzene rings is 2. The van der Waals surface area contributed by atoms with E-state index in [0.29, 0.717) is 19.3 Å². The van der Waals surface area contributed by atoms with E-state index < -0.39 is 41.5 Å². The van der Waals surface area contributed by atoms with Crippen LogP contribution in [0, 0.1) is 35.5 Å². The van der Waals surface area contributed by atoms with Crippen LogP contribution in [0.15, 0.2) is 66.3 Å². The van der Waals surface area contributed by atoms with Gasteiger partial charge in [0.25, 0.3) is 0 Å². The highest BCUT2D eigenvalue weighted by Crippen LogP contribution is 2.70. The molecular formula is C37H42O7. The summed E-state index contributed by atoms with van der Waals surface area (Å²) in [4.78, 5) is 26.0. The van der Waals surface area contributed by atoms with Crippen molar-refractivity contribution in [1.29, 1.82) is 0 Å². The van der Waals surface area contributed by atoms with Crippen LogP contribution in [-0.2, 0) is 32.1 Å². The first-order valence-electron chi connectivity index (χ1n) is 15.9. The van der Waals surface area contributed by atoms with Crippen LogP contribution in [0.25, 0.3) is 0 Å². The topological polar surface area (TPSA) is 113 Å². The molecule has 44 heavy (non-hydrogen) atoms. The lowest BCUT2D eigenvalue weighted by Gasteiger charge is -2.59. The van der Waals surface area contributed by atoms with E-state index in [9.17, 15) is 24.9 Å². The lowest BCUT2D eigenvalue weighted by atomic mass is 9.46. The molecule has 0 radical (unpaired) electrons. The zero-order chi connectivity index (χ0) is 31.0. The number of rotatable bonds is 6. The number of Topliss-reactive ketones (excluding diaryl/α,β-unsaturated/α-hetero) is 1. The van der Waals surface area contributed by atoms with E-state index in [1.54, 1.807) is 12.2 Å². The van der Waals surface area contributed by atoms with Crippen LogP contribution in [0.4, 0.5) is 0 Å². The number of allylic oxidation sites excluding steroid dienone is 4. The van der Waals surface area contributed by atoms with Gasteiger partial charge in [0, 0.05) is 22.3 Å². The smallest absolute Gasteiger partial charge is 0.193 e. The molecule has 5 aliphatic rings. The monoisotopic (exact) mass is 598 g/mol. The maximum atomic E-state index is 13.8. The van der Waals surface area contributed by atoms with Crippen molar-refractivity contribution in [2.45, 2.75) is 83.6 Å². The minimum atomic E-state index is -1.37. The number of hydrogen-bond donors (Lipinski definition) is 3. The highest BCUT2D eigenvalue weighted by Gasteiger charge is 2.75. The fraction of sp³-hybridized carbons (Fsp3) is 0.514. The van der Waals surface area contributed by atoms with E-state index in [1.807, 2.05) is 37.3 Å². The number of carbonyl (C=O) groups is 2. The van der Waals surface area contributed by atoms with Gasteiger partial charge >= 0.3 is 0 Å². The highest BCUT2D eigenvalue weighted by atomic mass is 16.7. The molecule has 2 aromatic carbocycles. The first-order chi connectivity index (χ1) is 21.0. The Morgan fingerprint density at radius 1 is 1.09 bits per heavy atom. The van der Waals surface area contributed by atoms with Gasteiger partial charge in [-0.3, -0.25) is 9.59 Å². The van der Waals surface area contributed by atoms with Crippen LogP contribution < -0.4 is 0 Å². The first kappa shape index (κ1) is 29.8. The highest BCUT2D eigenvalue weighted by molar-refractivity contribution is 6.01. The van der Waals surface area contributed by atoms with Gasteiger partial charge in [-0.1, -0.05) is 68.0 Å². The van der Waals surface area contributed by atoms with Crippen molar-refractivity contribution in [2.75, 3.05) is 6.61 Å². The lowest BCUT2D eigenvalue weighted by Crippen LogP contribution is -2.63. The molecule has 1 saturated heterocycles. The molecular weight excluding hydrogens is 556 g/mol. The molecule has 7 rings (SSSR count). The Bertz CT molecular complexity index is 1580. The molecule has 1 aliphatic heterocycles. The third-order valence-electron chi connectivity index (χ3n) is 12.0. The van der Waals surface area contributed by atoms with Crippen LogP contribution in [-0.4, -0.2) is 51.3 Å². The summed E-state index contributed by atoms with van der Waals surface area (Å²) in [5, 5.41) is 31.7. The maximum Gasteiger partial charge on any atom is 0.193 e. The second-order valence-electron chi connectivity index (χ2n) is 14.2. The van der Waals surface area contributed by atoms with Crippen molar-refractivity contribution in [2.24, 2.45) is 28.6 Å². The van der Waals surface area contributed by atoms with Gasteiger partial charge in [0.15, 0.2) is 23.5 Å². The van der Waals surface area contributed by atoms with Crippen molar-refractivity contribution >= 4 is 11.6 Å². The van der Waals surface area contributed by atoms with Crippen molar-refractivity contribution in [3.05, 3.63) is 94.1 Å². The van der Waals surface area contributed by atoms with Crippen molar-refractivity contribution < 1.29 is 34.4 Å². The summed E-state index contributed by atoms with van der Waals surface area (Å²) in [5.74, 6) is -0.291. The number of aliphatic hydroxyl groups excluding tert-OH is 3. The van der Waals surface area contributed by atoms with Gasteiger partial charge in [-0.2, -0.15) is 0 Å². The number of carbonyl (C=O) groups excluding carboxylic acids is 2. The molecule has 0 bridgehead atoms. The van der Waals surface area contributed by atoms with Crippen LogP contribution in [0.5, 0.6) is 0 Å². The summed E-state index contributed by atoms with van der Waals surface area (Å²) >= 11 is 0. The Morgan fingerprint density at radius 3 is 2.64 bits per heavy atom. The van der Waals surface area contributed by atoms with Gasteiger partial charge < -0.3 is 24.8 Å². The van der Waals surface area contributed by atoms with Gasteiger partial charge in [0.05, 0.1) is 18.8 Å². The largest absolute Gasteiger partial charge is 0.393 e. The van der Waals surface area contributed by atoms with Gasteiger partial charge in [0.2, 0.25) is 0 Å². The molecule has 4 aliphatic carbocycles. The average Bonchev–Trinajstić information content (AvgIpc) is 3.50. The summed E-state index contributed by atoms with van der Waals surface area (Å²) in [6, 6.07) is 14.1. The predicted octanol–water partition coefficient (Wildman–Crippen LogP) is 4.68. The van der Waals surface area contributed by atoms with E-state index in [-0.39, 0.29) is 35.9 Å². The standard InChI is InChI=1S/C37H42O7/c1-21-13-23(7-8-25(21)19-38)14-22-5-4-6-24(15-22)34-43-32-17-29-28-10-9-26-16-27(40)11-12-35(26,2)33(28)30(41)18-36(29,3)37(32,44-34)31(42)20-39/h4-8,11-13,15-16,28-30,32-34,38-39,41H,9-10,14,17-20H2,1-3H3/t28-,29-,30-,32+,33+,34+,35-,36-,37+/m0/s1. The second kappa shape index (κ2) is 10.6. The van der Waals surface area contributed by atoms with E-state index in [2.05, 4.69) is 32.0 Å². The molecule has 0 unspecified atom stereocenters. The summed E-state index contributed by atoms with van der Waals surface area (Å²) < 4.78 is 13.4. The van der Waals surface area contributed by atoms with Crippen molar-refractivity contribution in [1.82, 2.24) is 0 Å². The minimum absolute atomic E-state index is 0.000542. The van der Waals surface area contributed by atoms with Crippen LogP contribution >= 0.6 is 0 Å². The van der Waals surface area contributed by atoms with Crippen LogP contribution in [0.1, 0.15) is 73.6 Å². The SMILES string of the molecule is Cc1cc(Cc2cccc([C@@H]3O[C@@H]4C[C@H]5[C@@H]6CCC7=CC(=O)C=C[C@]7(C)[C@H]6[C@@H](O)C[C@]5(C)[C@]4(C(=O)CO)O3)c2)ccc1CO. The van der Waals surface area contributed by atoms with Crippen LogP contribution in [0.2, 0.25) is 0 Å². The number of ketones is 2. The Morgan fingerprint density at radius 2 is 1.89 bits per heavy atom. The summed E-state index contributed by atoms with van der Waals surface area (Å²) in [6.45, 7) is 5.54. The molecule has 232 valence electrons. The lowest BCUT2D eigenvalue weighted by molar-refractivity contribution is -0.201. The zero-order valence-electron chi connectivity index (χ0n) is 25.7. The Hall–Kier alpha value is -2.94.